The Bertz CT molecular complexity index is 1070. The van der Waals surface area contributed by atoms with Crippen LogP contribution in [0.1, 0.15) is 80.9 Å². The summed E-state index contributed by atoms with van der Waals surface area (Å²) in [6, 6.07) is 8.59. The van der Waals surface area contributed by atoms with Gasteiger partial charge >= 0.3 is 0 Å². The molecule has 2 aliphatic carbocycles. The highest BCUT2D eigenvalue weighted by atomic mass is 19.2. The van der Waals surface area contributed by atoms with Crippen LogP contribution in [0.2, 0.25) is 0 Å². The number of rotatable bonds is 10. The third kappa shape index (κ3) is 6.42. The molecule has 1 fully saturated rings. The zero-order valence-electron chi connectivity index (χ0n) is 21.2. The van der Waals surface area contributed by atoms with E-state index >= 15 is 0 Å². The quantitative estimate of drug-likeness (QED) is 0.306. The first-order valence-corrected chi connectivity index (χ1v) is 13.3. The van der Waals surface area contributed by atoms with E-state index in [1.54, 1.807) is 18.2 Å². The molecule has 194 valence electrons. The summed E-state index contributed by atoms with van der Waals surface area (Å²) in [6.07, 6.45) is 11.2. The van der Waals surface area contributed by atoms with Crippen LogP contribution in [0.3, 0.4) is 0 Å². The van der Waals surface area contributed by atoms with Crippen LogP contribution in [0.25, 0.3) is 5.57 Å². The van der Waals surface area contributed by atoms with Gasteiger partial charge in [0, 0.05) is 18.2 Å². The van der Waals surface area contributed by atoms with E-state index in [2.05, 4.69) is 6.58 Å². The van der Waals surface area contributed by atoms with Crippen LogP contribution in [-0.2, 0) is 11.2 Å². The highest BCUT2D eigenvalue weighted by molar-refractivity contribution is 5.67. The molecule has 1 atom stereocenters. The van der Waals surface area contributed by atoms with E-state index in [9.17, 15) is 13.2 Å². The summed E-state index contributed by atoms with van der Waals surface area (Å²) in [6.45, 7) is 6.60. The van der Waals surface area contributed by atoms with Crippen molar-refractivity contribution in [3.05, 3.63) is 83.2 Å². The molecule has 0 spiro atoms. The monoisotopic (exact) mass is 498 g/mol. The lowest BCUT2D eigenvalue weighted by Crippen LogP contribution is -2.16. The number of aryl methyl sites for hydroxylation is 1. The molecule has 1 saturated carbocycles. The van der Waals surface area contributed by atoms with Crippen molar-refractivity contribution in [3.63, 3.8) is 0 Å². The Balaban J connectivity index is 1.30. The van der Waals surface area contributed by atoms with Crippen molar-refractivity contribution in [3.8, 4) is 5.75 Å². The Morgan fingerprint density at radius 2 is 1.81 bits per heavy atom. The van der Waals surface area contributed by atoms with Crippen LogP contribution in [0.5, 0.6) is 5.75 Å². The van der Waals surface area contributed by atoms with E-state index in [-0.39, 0.29) is 17.8 Å². The maximum Gasteiger partial charge on any atom is 0.166 e. The topological polar surface area (TPSA) is 18.5 Å². The van der Waals surface area contributed by atoms with E-state index in [1.165, 1.54) is 6.07 Å². The molecule has 2 aromatic carbocycles. The molecule has 2 aliphatic rings. The molecule has 0 saturated heterocycles. The largest absolute Gasteiger partial charge is 0.489 e. The molecule has 4 rings (SSSR count). The van der Waals surface area contributed by atoms with Gasteiger partial charge in [-0.3, -0.25) is 0 Å². The normalized spacial score (nSPS) is 22.2. The predicted molar refractivity (Wildman–Crippen MR) is 139 cm³/mol. The van der Waals surface area contributed by atoms with Crippen LogP contribution in [0.15, 0.2) is 49.1 Å². The lowest BCUT2D eigenvalue weighted by atomic mass is 9.76. The fraction of sp³-hybridized carbons (Fsp3) is 0.484. The van der Waals surface area contributed by atoms with Crippen LogP contribution in [-0.4, -0.2) is 19.3 Å². The molecule has 0 aliphatic heterocycles. The maximum atomic E-state index is 14.9. The first kappa shape index (κ1) is 26.5. The molecule has 0 bridgehead atoms. The van der Waals surface area contributed by atoms with Gasteiger partial charge in [-0.1, -0.05) is 36.9 Å². The van der Waals surface area contributed by atoms with Crippen molar-refractivity contribution in [1.29, 1.82) is 0 Å². The average Bonchev–Trinajstić information content (AvgIpc) is 2.90. The zero-order chi connectivity index (χ0) is 25.5. The lowest BCUT2D eigenvalue weighted by molar-refractivity contribution is 0.0579. The number of halogens is 3. The summed E-state index contributed by atoms with van der Waals surface area (Å²) in [5, 5.41) is 0. The van der Waals surface area contributed by atoms with Gasteiger partial charge in [-0.25, -0.2) is 13.2 Å². The van der Waals surface area contributed by atoms with Crippen LogP contribution in [0, 0.1) is 23.4 Å². The van der Waals surface area contributed by atoms with E-state index in [1.807, 2.05) is 25.1 Å². The lowest BCUT2D eigenvalue weighted by Gasteiger charge is -2.29. The van der Waals surface area contributed by atoms with Crippen LogP contribution in [0.4, 0.5) is 13.2 Å². The number of hydrogen-bond donors (Lipinski definition) is 0. The number of hydrogen-bond acceptors (Lipinski definition) is 2. The van der Waals surface area contributed by atoms with Gasteiger partial charge < -0.3 is 9.47 Å². The standard InChI is InChI=1S/C31H37F3O2/c1-3-19-36-26-16-18-27(29(32)20-26)22-8-5-21(6-9-22)7-10-24-13-17-28(31(34)30(24)33)23-11-14-25(15-12-23)35-4-2/h3,11,13,16-18,20-22,25H,1,4-10,12,14-15,19H2,2H3. The molecule has 2 aromatic rings. The second kappa shape index (κ2) is 12.6. The Labute approximate surface area is 213 Å². The van der Waals surface area contributed by atoms with E-state index < -0.39 is 11.6 Å². The van der Waals surface area contributed by atoms with Gasteiger partial charge in [0.1, 0.15) is 18.2 Å². The summed E-state index contributed by atoms with van der Waals surface area (Å²) in [4.78, 5) is 0. The van der Waals surface area contributed by atoms with Gasteiger partial charge in [0.2, 0.25) is 0 Å². The first-order chi connectivity index (χ1) is 17.5. The summed E-state index contributed by atoms with van der Waals surface area (Å²) in [7, 11) is 0. The molecule has 0 aromatic heterocycles. The van der Waals surface area contributed by atoms with Crippen molar-refractivity contribution in [2.24, 2.45) is 5.92 Å². The van der Waals surface area contributed by atoms with Gasteiger partial charge in [-0.05, 0) is 99.3 Å². The third-order valence-electron chi connectivity index (χ3n) is 7.72. The Morgan fingerprint density at radius 1 is 1.00 bits per heavy atom. The SMILES string of the molecule is C=CCOc1ccc(C2CCC(CCc3ccc(C4=CCC(OCC)CC4)c(F)c3F)CC2)c(F)c1. The number of benzene rings is 2. The van der Waals surface area contributed by atoms with E-state index in [4.69, 9.17) is 9.47 Å². The summed E-state index contributed by atoms with van der Waals surface area (Å²) in [5.74, 6) is -0.519. The minimum atomic E-state index is -0.728. The summed E-state index contributed by atoms with van der Waals surface area (Å²) < 4.78 is 55.6. The Kier molecular flexibility index (Phi) is 9.30. The Hall–Kier alpha value is -2.53. The van der Waals surface area contributed by atoms with E-state index in [0.717, 1.165) is 56.1 Å². The third-order valence-corrected chi connectivity index (χ3v) is 7.72. The second-order valence-corrected chi connectivity index (χ2v) is 10.0. The molecule has 0 radical (unpaired) electrons. The highest BCUT2D eigenvalue weighted by Crippen LogP contribution is 2.39. The van der Waals surface area contributed by atoms with Gasteiger partial charge in [0.25, 0.3) is 0 Å². The van der Waals surface area contributed by atoms with Crippen molar-refractivity contribution < 1.29 is 22.6 Å². The van der Waals surface area contributed by atoms with Crippen molar-refractivity contribution in [2.45, 2.75) is 76.7 Å². The van der Waals surface area contributed by atoms with E-state index in [0.29, 0.717) is 48.8 Å². The molecule has 5 heteroatoms. The molecule has 36 heavy (non-hydrogen) atoms. The molecular weight excluding hydrogens is 461 g/mol. The first-order valence-electron chi connectivity index (χ1n) is 13.3. The van der Waals surface area contributed by atoms with Crippen molar-refractivity contribution in [2.75, 3.05) is 13.2 Å². The van der Waals surface area contributed by atoms with Gasteiger partial charge in [0.15, 0.2) is 11.6 Å². The molecule has 0 N–H and O–H groups in total. The second-order valence-electron chi connectivity index (χ2n) is 10.0. The Morgan fingerprint density at radius 3 is 2.47 bits per heavy atom. The summed E-state index contributed by atoms with van der Waals surface area (Å²) >= 11 is 0. The van der Waals surface area contributed by atoms with Gasteiger partial charge in [-0.15, -0.1) is 0 Å². The minimum absolute atomic E-state index is 0.174. The smallest absolute Gasteiger partial charge is 0.166 e. The van der Waals surface area contributed by atoms with Gasteiger partial charge in [0.05, 0.1) is 6.10 Å². The molecular formula is C31H37F3O2. The highest BCUT2D eigenvalue weighted by Gasteiger charge is 2.26. The summed E-state index contributed by atoms with van der Waals surface area (Å²) in [5.41, 5.74) is 2.45. The maximum absolute atomic E-state index is 14.9. The van der Waals surface area contributed by atoms with Crippen molar-refractivity contribution >= 4 is 5.57 Å². The molecule has 1 unspecified atom stereocenters. The zero-order valence-corrected chi connectivity index (χ0v) is 21.2. The predicted octanol–water partition coefficient (Wildman–Crippen LogP) is 8.55. The number of allylic oxidation sites excluding steroid dienone is 1. The number of ether oxygens (including phenoxy) is 2. The minimum Gasteiger partial charge on any atom is -0.489 e. The van der Waals surface area contributed by atoms with Crippen LogP contribution < -0.4 is 4.74 Å². The van der Waals surface area contributed by atoms with Crippen molar-refractivity contribution in [1.82, 2.24) is 0 Å². The fourth-order valence-electron chi connectivity index (χ4n) is 5.68. The van der Waals surface area contributed by atoms with Crippen LogP contribution >= 0.6 is 0 Å². The molecule has 0 heterocycles. The average molecular weight is 499 g/mol. The fourth-order valence-corrected chi connectivity index (χ4v) is 5.68. The molecule has 0 amide bonds. The molecule has 2 nitrogen and oxygen atoms in total. The van der Waals surface area contributed by atoms with Gasteiger partial charge in [-0.2, -0.15) is 0 Å².